The first-order valence-electron chi connectivity index (χ1n) is 5.59. The third kappa shape index (κ3) is 2.92. The van der Waals surface area contributed by atoms with Crippen molar-refractivity contribution in [2.24, 2.45) is 7.05 Å². The molecule has 0 saturated heterocycles. The van der Waals surface area contributed by atoms with Crippen LogP contribution in [0.3, 0.4) is 0 Å². The monoisotopic (exact) mass is 262 g/mol. The molecule has 2 aromatic heterocycles. The fourth-order valence-electron chi connectivity index (χ4n) is 1.55. The maximum absolute atomic E-state index is 11.7. The minimum atomic E-state index is -0.0173. The van der Waals surface area contributed by atoms with Gasteiger partial charge in [-0.3, -0.25) is 4.57 Å². The van der Waals surface area contributed by atoms with Crippen LogP contribution in [-0.2, 0) is 13.6 Å². The van der Waals surface area contributed by atoms with E-state index in [0.717, 1.165) is 10.4 Å². The summed E-state index contributed by atoms with van der Waals surface area (Å²) >= 11 is 1.59. The summed E-state index contributed by atoms with van der Waals surface area (Å²) in [6.45, 7) is 0.662. The van der Waals surface area contributed by atoms with E-state index in [9.17, 15) is 4.79 Å². The van der Waals surface area contributed by atoms with Gasteiger partial charge in [0.25, 0.3) is 0 Å². The molecule has 0 saturated carbocycles. The van der Waals surface area contributed by atoms with Crippen molar-refractivity contribution in [2.75, 3.05) is 6.61 Å². The highest BCUT2D eigenvalue weighted by atomic mass is 32.1. The number of hydrogen-bond donors (Lipinski definition) is 1. The van der Waals surface area contributed by atoms with Gasteiger partial charge in [0.15, 0.2) is 0 Å². The van der Waals surface area contributed by atoms with Crippen molar-refractivity contribution in [1.29, 1.82) is 0 Å². The van der Waals surface area contributed by atoms with Crippen LogP contribution in [-0.4, -0.2) is 20.8 Å². The molecule has 0 spiro atoms. The molecule has 0 radical (unpaired) electrons. The van der Waals surface area contributed by atoms with Crippen molar-refractivity contribution in [1.82, 2.24) is 9.13 Å². The van der Waals surface area contributed by atoms with Crippen LogP contribution in [0.1, 0.15) is 16.9 Å². The number of imidazole rings is 1. The molecule has 0 bridgehead atoms. The van der Waals surface area contributed by atoms with Crippen molar-refractivity contribution in [2.45, 2.75) is 13.0 Å². The summed E-state index contributed by atoms with van der Waals surface area (Å²) in [5, 5.41) is 10.6. The van der Waals surface area contributed by atoms with Gasteiger partial charge in [0.1, 0.15) is 0 Å². The largest absolute Gasteiger partial charge is 0.395 e. The van der Waals surface area contributed by atoms with Gasteiger partial charge in [-0.05, 0) is 6.07 Å². The van der Waals surface area contributed by atoms with Gasteiger partial charge in [0, 0.05) is 41.7 Å². The smallest absolute Gasteiger partial charge is 0.328 e. The fraction of sp³-hybridized carbons (Fsp3) is 0.308. The topological polar surface area (TPSA) is 47.2 Å². The quantitative estimate of drug-likeness (QED) is 0.840. The van der Waals surface area contributed by atoms with Gasteiger partial charge in [0.2, 0.25) is 0 Å². The van der Waals surface area contributed by atoms with Crippen LogP contribution in [0.4, 0.5) is 0 Å². The highest BCUT2D eigenvalue weighted by molar-refractivity contribution is 7.10. The predicted octanol–water partition coefficient (Wildman–Crippen LogP) is 1.03. The van der Waals surface area contributed by atoms with Crippen LogP contribution in [0.5, 0.6) is 0 Å². The van der Waals surface area contributed by atoms with Gasteiger partial charge in [-0.15, -0.1) is 11.3 Å². The number of thiophene rings is 1. The molecule has 0 fully saturated rings. The second kappa shape index (κ2) is 5.71. The number of rotatable bonds is 3. The lowest BCUT2D eigenvalue weighted by atomic mass is 10.3. The van der Waals surface area contributed by atoms with Crippen LogP contribution in [0, 0.1) is 11.8 Å². The second-order valence-electron chi connectivity index (χ2n) is 3.90. The van der Waals surface area contributed by atoms with Crippen LogP contribution >= 0.6 is 11.3 Å². The van der Waals surface area contributed by atoms with Crippen molar-refractivity contribution >= 4 is 11.3 Å². The molecular formula is C13H14N2O2S. The number of aryl methyl sites for hydroxylation is 1. The van der Waals surface area contributed by atoms with E-state index in [0.29, 0.717) is 13.0 Å². The number of aromatic nitrogens is 2. The van der Waals surface area contributed by atoms with E-state index in [-0.39, 0.29) is 12.3 Å². The summed E-state index contributed by atoms with van der Waals surface area (Å²) in [5.41, 5.74) is 0.920. The Labute approximate surface area is 109 Å². The Hall–Kier alpha value is -1.77. The lowest BCUT2D eigenvalue weighted by molar-refractivity contribution is 0.305. The standard InChI is InChI=1S/C13H14N2O2S/c1-14-5-6-15(13(14)17)9-12-8-11(10-18-12)4-2-3-7-16/h5-6,8,10,16H,3,7,9H2,1H3. The Kier molecular flexibility index (Phi) is 4.03. The van der Waals surface area contributed by atoms with E-state index in [1.54, 1.807) is 39.9 Å². The van der Waals surface area contributed by atoms with E-state index in [4.69, 9.17) is 5.11 Å². The number of nitrogens with zero attached hydrogens (tertiary/aromatic N) is 2. The molecular weight excluding hydrogens is 248 g/mol. The van der Waals surface area contributed by atoms with Crippen molar-refractivity contribution in [3.63, 3.8) is 0 Å². The van der Waals surface area contributed by atoms with Crippen molar-refractivity contribution < 1.29 is 5.11 Å². The van der Waals surface area contributed by atoms with Crippen LogP contribution in [0.25, 0.3) is 0 Å². The first-order valence-corrected chi connectivity index (χ1v) is 6.47. The van der Waals surface area contributed by atoms with Crippen molar-refractivity contribution in [3.05, 3.63) is 44.8 Å². The summed E-state index contributed by atoms with van der Waals surface area (Å²) in [6.07, 6.45) is 4.01. The summed E-state index contributed by atoms with van der Waals surface area (Å²) in [6, 6.07) is 1.98. The molecule has 94 valence electrons. The van der Waals surface area contributed by atoms with E-state index in [1.165, 1.54) is 0 Å². The molecule has 0 aromatic carbocycles. The summed E-state index contributed by atoms with van der Waals surface area (Å²) in [7, 11) is 1.74. The van der Waals surface area contributed by atoms with Gasteiger partial charge in [-0.25, -0.2) is 4.79 Å². The normalized spacial score (nSPS) is 10.1. The highest BCUT2D eigenvalue weighted by Crippen LogP contribution is 2.14. The zero-order valence-corrected chi connectivity index (χ0v) is 10.9. The minimum Gasteiger partial charge on any atom is -0.395 e. The molecule has 0 aliphatic carbocycles. The molecule has 1 N–H and O–H groups in total. The van der Waals surface area contributed by atoms with Crippen LogP contribution < -0.4 is 5.69 Å². The molecule has 0 unspecified atom stereocenters. The average Bonchev–Trinajstić information content (AvgIpc) is 2.92. The summed E-state index contributed by atoms with van der Waals surface area (Å²) in [5.74, 6) is 5.86. The molecule has 5 heteroatoms. The SMILES string of the molecule is Cn1ccn(Cc2cc(C#CCCO)cs2)c1=O. The lowest BCUT2D eigenvalue weighted by Crippen LogP contribution is -2.21. The van der Waals surface area contributed by atoms with Crippen molar-refractivity contribution in [3.8, 4) is 11.8 Å². The van der Waals surface area contributed by atoms with Gasteiger partial charge < -0.3 is 9.67 Å². The zero-order valence-electron chi connectivity index (χ0n) is 10.1. The first kappa shape index (κ1) is 12.7. The van der Waals surface area contributed by atoms with E-state index in [2.05, 4.69) is 11.8 Å². The Bertz CT molecular complexity index is 640. The van der Waals surface area contributed by atoms with Gasteiger partial charge in [-0.2, -0.15) is 0 Å². The molecule has 0 amide bonds. The van der Waals surface area contributed by atoms with Crippen LogP contribution in [0.15, 0.2) is 28.6 Å². The summed E-state index contributed by atoms with van der Waals surface area (Å²) in [4.78, 5) is 12.8. The van der Waals surface area contributed by atoms with E-state index < -0.39 is 0 Å². The average molecular weight is 262 g/mol. The van der Waals surface area contributed by atoms with Gasteiger partial charge >= 0.3 is 5.69 Å². The van der Waals surface area contributed by atoms with Gasteiger partial charge in [-0.1, -0.05) is 11.8 Å². The van der Waals surface area contributed by atoms with E-state index >= 15 is 0 Å². The molecule has 4 nitrogen and oxygen atoms in total. The molecule has 2 aromatic rings. The predicted molar refractivity (Wildman–Crippen MR) is 71.7 cm³/mol. The maximum atomic E-state index is 11.7. The fourth-order valence-corrected chi connectivity index (χ4v) is 2.36. The third-order valence-corrected chi connectivity index (χ3v) is 3.39. The minimum absolute atomic E-state index is 0.0173. The Morgan fingerprint density at radius 2 is 2.28 bits per heavy atom. The molecule has 18 heavy (non-hydrogen) atoms. The Morgan fingerprint density at radius 1 is 1.44 bits per heavy atom. The maximum Gasteiger partial charge on any atom is 0.328 e. The summed E-state index contributed by atoms with van der Waals surface area (Å²) < 4.78 is 3.21. The molecule has 0 atom stereocenters. The zero-order chi connectivity index (χ0) is 13.0. The number of aliphatic hydroxyl groups excluding tert-OH is 1. The molecule has 2 heterocycles. The van der Waals surface area contributed by atoms with E-state index in [1.807, 2.05) is 11.4 Å². The number of aliphatic hydroxyl groups is 1. The molecule has 2 rings (SSSR count). The van der Waals surface area contributed by atoms with Gasteiger partial charge in [0.05, 0.1) is 13.2 Å². The second-order valence-corrected chi connectivity index (χ2v) is 4.89. The lowest BCUT2D eigenvalue weighted by Gasteiger charge is -1.96. The Morgan fingerprint density at radius 3 is 2.94 bits per heavy atom. The number of hydrogen-bond acceptors (Lipinski definition) is 3. The molecule has 0 aliphatic heterocycles. The molecule has 0 aliphatic rings. The Balaban J connectivity index is 2.10. The first-order chi connectivity index (χ1) is 8.70. The van der Waals surface area contributed by atoms with Crippen LogP contribution in [0.2, 0.25) is 0 Å². The highest BCUT2D eigenvalue weighted by Gasteiger charge is 2.03. The third-order valence-electron chi connectivity index (χ3n) is 2.47.